The summed E-state index contributed by atoms with van der Waals surface area (Å²) in [6.07, 6.45) is 2.34. The fraction of sp³-hybridized carbons (Fsp3) is 0.292. The van der Waals surface area contributed by atoms with Crippen LogP contribution in [0.2, 0.25) is 0 Å². The average Bonchev–Trinajstić information content (AvgIpc) is 2.73. The largest absolute Gasteiger partial charge is 0.339 e. The first-order valence-corrected chi connectivity index (χ1v) is 10.3. The highest BCUT2D eigenvalue weighted by molar-refractivity contribution is 6.03. The van der Waals surface area contributed by atoms with E-state index in [1.165, 1.54) is 11.1 Å². The quantitative estimate of drug-likeness (QED) is 0.718. The Morgan fingerprint density at radius 1 is 0.966 bits per heavy atom. The number of nitrogens with one attached hydrogen (secondary N) is 1. The van der Waals surface area contributed by atoms with Gasteiger partial charge < -0.3 is 10.2 Å². The number of hydrogen-bond acceptors (Lipinski definition) is 5. The highest BCUT2D eigenvalue weighted by Gasteiger charge is 2.30. The van der Waals surface area contributed by atoms with Gasteiger partial charge in [0.05, 0.1) is 11.3 Å². The third-order valence-electron chi connectivity index (χ3n) is 5.78. The Hall–Kier alpha value is -3.21. The van der Waals surface area contributed by atoms with Crippen LogP contribution < -0.4 is 10.2 Å². The number of hydrogen-bond donors (Lipinski definition) is 1. The molecule has 1 atom stereocenters. The van der Waals surface area contributed by atoms with E-state index in [4.69, 9.17) is 9.97 Å². The maximum absolute atomic E-state index is 12.8. The molecule has 0 fully saturated rings. The summed E-state index contributed by atoms with van der Waals surface area (Å²) in [7, 11) is 0. The molecule has 1 aliphatic heterocycles. The minimum Gasteiger partial charge on any atom is -0.339 e. The first kappa shape index (κ1) is 17.9. The molecule has 2 aromatic carbocycles. The van der Waals surface area contributed by atoms with Gasteiger partial charge in [0.25, 0.3) is 0 Å². The fourth-order valence-electron chi connectivity index (χ4n) is 4.31. The minimum absolute atomic E-state index is 0.132. The first-order valence-electron chi connectivity index (χ1n) is 10.3. The van der Waals surface area contributed by atoms with E-state index in [2.05, 4.69) is 41.4 Å². The lowest BCUT2D eigenvalue weighted by atomic mass is 9.87. The Kier molecular flexibility index (Phi) is 4.51. The number of carbonyl (C=O) groups excluding carboxylic acids is 1. The molecule has 2 aliphatic rings. The molecule has 0 saturated heterocycles. The maximum Gasteiger partial charge on any atom is 0.227 e. The van der Waals surface area contributed by atoms with Crippen LogP contribution in [-0.4, -0.2) is 22.3 Å². The Bertz CT molecular complexity index is 1060. The van der Waals surface area contributed by atoms with Gasteiger partial charge in [-0.2, -0.15) is 4.98 Å². The van der Waals surface area contributed by atoms with Crippen LogP contribution in [-0.2, 0) is 19.4 Å². The normalized spacial score (nSPS) is 18.2. The third-order valence-corrected chi connectivity index (χ3v) is 5.78. The Balaban J connectivity index is 1.55. The highest BCUT2D eigenvalue weighted by atomic mass is 16.1. The Morgan fingerprint density at radius 3 is 2.55 bits per heavy atom. The zero-order valence-electron chi connectivity index (χ0n) is 16.6. The zero-order chi connectivity index (χ0) is 19.8. The van der Waals surface area contributed by atoms with Crippen LogP contribution in [0.5, 0.6) is 0 Å². The van der Waals surface area contributed by atoms with Crippen molar-refractivity contribution in [1.82, 2.24) is 9.97 Å². The number of fused-ring (bicyclic) bond motifs is 2. The molecule has 1 N–H and O–H groups in total. The highest BCUT2D eigenvalue weighted by Crippen LogP contribution is 2.33. The van der Waals surface area contributed by atoms with Crippen molar-refractivity contribution in [3.05, 3.63) is 77.0 Å². The number of ketones is 1. The van der Waals surface area contributed by atoms with Gasteiger partial charge in [-0.15, -0.1) is 0 Å². The van der Waals surface area contributed by atoms with Gasteiger partial charge in [-0.25, -0.2) is 4.98 Å². The molecular weight excluding hydrogens is 360 g/mol. The van der Waals surface area contributed by atoms with Gasteiger partial charge in [-0.05, 0) is 42.0 Å². The van der Waals surface area contributed by atoms with Gasteiger partial charge in [-0.3, -0.25) is 4.79 Å². The molecule has 1 unspecified atom stereocenters. The minimum atomic E-state index is 0.132. The van der Waals surface area contributed by atoms with Gasteiger partial charge in [0.15, 0.2) is 5.78 Å². The molecule has 0 saturated carbocycles. The molecule has 0 amide bonds. The van der Waals surface area contributed by atoms with E-state index in [0.717, 1.165) is 37.3 Å². The third kappa shape index (κ3) is 3.48. The van der Waals surface area contributed by atoms with Gasteiger partial charge in [0, 0.05) is 25.2 Å². The van der Waals surface area contributed by atoms with Crippen molar-refractivity contribution in [2.75, 3.05) is 16.8 Å². The molecule has 29 heavy (non-hydrogen) atoms. The van der Waals surface area contributed by atoms with Crippen LogP contribution in [0.4, 0.5) is 17.5 Å². The topological polar surface area (TPSA) is 58.1 Å². The molecule has 1 aliphatic carbocycles. The van der Waals surface area contributed by atoms with Crippen LogP contribution in [0, 0.1) is 5.92 Å². The van der Waals surface area contributed by atoms with Crippen molar-refractivity contribution < 1.29 is 4.79 Å². The molecule has 1 aromatic heterocycles. The van der Waals surface area contributed by atoms with E-state index in [0.29, 0.717) is 29.7 Å². The molecule has 5 heteroatoms. The number of anilines is 3. The molecule has 0 bridgehead atoms. The van der Waals surface area contributed by atoms with Crippen molar-refractivity contribution in [2.24, 2.45) is 5.92 Å². The van der Waals surface area contributed by atoms with Crippen molar-refractivity contribution in [3.8, 4) is 0 Å². The van der Waals surface area contributed by atoms with Crippen molar-refractivity contribution in [1.29, 1.82) is 0 Å². The average molecular weight is 384 g/mol. The first-order chi connectivity index (χ1) is 14.2. The molecule has 2 heterocycles. The lowest BCUT2D eigenvalue weighted by Crippen LogP contribution is -2.33. The Morgan fingerprint density at radius 2 is 1.72 bits per heavy atom. The van der Waals surface area contributed by atoms with Gasteiger partial charge in [0.1, 0.15) is 5.82 Å². The second kappa shape index (κ2) is 7.32. The van der Waals surface area contributed by atoms with Crippen LogP contribution in [0.1, 0.15) is 40.5 Å². The predicted octanol–water partition coefficient (Wildman–Crippen LogP) is 4.55. The van der Waals surface area contributed by atoms with Crippen LogP contribution in [0.3, 0.4) is 0 Å². The van der Waals surface area contributed by atoms with Gasteiger partial charge in [0.2, 0.25) is 5.95 Å². The van der Waals surface area contributed by atoms with Crippen molar-refractivity contribution >= 4 is 23.2 Å². The molecular formula is C24H24N4O. The summed E-state index contributed by atoms with van der Waals surface area (Å²) in [5, 5.41) is 3.38. The summed E-state index contributed by atoms with van der Waals surface area (Å²) in [5.41, 5.74) is 5.18. The molecule has 0 radical (unpaired) electrons. The smallest absolute Gasteiger partial charge is 0.227 e. The summed E-state index contributed by atoms with van der Waals surface area (Å²) in [5.74, 6) is 1.78. The second-order valence-corrected chi connectivity index (χ2v) is 8.06. The van der Waals surface area contributed by atoms with E-state index in [1.807, 2.05) is 30.3 Å². The van der Waals surface area contributed by atoms with E-state index in [1.54, 1.807) is 0 Å². The summed E-state index contributed by atoms with van der Waals surface area (Å²) in [4.78, 5) is 24.8. The summed E-state index contributed by atoms with van der Waals surface area (Å²) in [6.45, 7) is 3.79. The van der Waals surface area contributed by atoms with Crippen LogP contribution in [0.25, 0.3) is 0 Å². The van der Waals surface area contributed by atoms with Crippen LogP contribution in [0.15, 0.2) is 54.6 Å². The van der Waals surface area contributed by atoms with E-state index in [9.17, 15) is 4.79 Å². The lowest BCUT2D eigenvalue weighted by molar-refractivity contribution is 0.0952. The molecule has 5 rings (SSSR count). The molecule has 0 spiro atoms. The van der Waals surface area contributed by atoms with E-state index >= 15 is 0 Å². The van der Waals surface area contributed by atoms with E-state index in [-0.39, 0.29) is 5.78 Å². The second-order valence-electron chi connectivity index (χ2n) is 8.06. The Labute approximate surface area is 170 Å². The van der Waals surface area contributed by atoms with Gasteiger partial charge >= 0.3 is 0 Å². The summed E-state index contributed by atoms with van der Waals surface area (Å²) < 4.78 is 0. The summed E-state index contributed by atoms with van der Waals surface area (Å²) in [6, 6.07) is 18.5. The number of aromatic nitrogens is 2. The van der Waals surface area contributed by atoms with Crippen molar-refractivity contribution in [3.63, 3.8) is 0 Å². The van der Waals surface area contributed by atoms with Gasteiger partial charge in [-0.1, -0.05) is 49.4 Å². The predicted molar refractivity (Wildman–Crippen MR) is 115 cm³/mol. The number of carbonyl (C=O) groups is 1. The van der Waals surface area contributed by atoms with Crippen molar-refractivity contribution in [2.45, 2.75) is 32.7 Å². The number of benzene rings is 2. The standard InChI is InChI=1S/C24H24N4O/c1-16-13-20-22(21(29)14-16)23(25-19-9-3-2-4-10-19)27-24(26-20)28-12-11-17-7-5-6-8-18(17)15-28/h2-10,16H,11-15H2,1H3,(H,25,26,27). The monoisotopic (exact) mass is 384 g/mol. The SMILES string of the molecule is CC1CC(=O)c2c(nc(N3CCc4ccccc4C3)nc2Nc2ccccc2)C1. The van der Waals surface area contributed by atoms with Crippen LogP contribution >= 0.6 is 0 Å². The molecule has 3 aromatic rings. The molecule has 146 valence electrons. The lowest BCUT2D eigenvalue weighted by Gasteiger charge is -2.31. The van der Waals surface area contributed by atoms with E-state index < -0.39 is 0 Å². The molecule has 5 nitrogen and oxygen atoms in total. The summed E-state index contributed by atoms with van der Waals surface area (Å²) >= 11 is 0. The fourth-order valence-corrected chi connectivity index (χ4v) is 4.31. The zero-order valence-corrected chi connectivity index (χ0v) is 16.6. The number of rotatable bonds is 3. The number of Topliss-reactive ketones (excluding diaryl/α,β-unsaturated/α-hetero) is 1. The number of para-hydroxylation sites is 1. The number of nitrogens with zero attached hydrogens (tertiary/aromatic N) is 3. The maximum atomic E-state index is 12.8.